The van der Waals surface area contributed by atoms with Crippen LogP contribution in [-0.2, 0) is 0 Å². The number of hydrogen-bond acceptors (Lipinski definition) is 3. The lowest BCUT2D eigenvalue weighted by Gasteiger charge is -2.38. The van der Waals surface area contributed by atoms with Crippen molar-refractivity contribution in [3.8, 4) is 6.07 Å². The van der Waals surface area contributed by atoms with E-state index < -0.39 is 0 Å². The highest BCUT2D eigenvalue weighted by Gasteiger charge is 2.27. The minimum atomic E-state index is -0.356. The largest absolute Gasteiger partial charge is 0.303 e. The molecule has 0 aromatic heterocycles. The van der Waals surface area contributed by atoms with Gasteiger partial charge in [-0.1, -0.05) is 13.8 Å². The van der Waals surface area contributed by atoms with Crippen LogP contribution in [0.25, 0.3) is 0 Å². The molecule has 0 aromatic rings. The van der Waals surface area contributed by atoms with E-state index in [1.165, 1.54) is 25.9 Å². The lowest BCUT2D eigenvalue weighted by Crippen LogP contribution is -2.42. The fourth-order valence-electron chi connectivity index (χ4n) is 2.63. The van der Waals surface area contributed by atoms with Crippen LogP contribution in [0.15, 0.2) is 0 Å². The first kappa shape index (κ1) is 14.5. The minimum absolute atomic E-state index is 0.356. The average molecular weight is 237 g/mol. The first-order chi connectivity index (χ1) is 7.91. The maximum absolute atomic E-state index is 9.08. The van der Waals surface area contributed by atoms with Gasteiger partial charge in [-0.05, 0) is 58.2 Å². The molecule has 0 radical (unpaired) electrons. The van der Waals surface area contributed by atoms with Gasteiger partial charge in [0.25, 0.3) is 0 Å². The summed E-state index contributed by atoms with van der Waals surface area (Å²) in [4.78, 5) is 2.55. The Kier molecular flexibility index (Phi) is 4.97. The first-order valence-electron chi connectivity index (χ1n) is 6.73. The Hall–Kier alpha value is -0.590. The normalized spacial score (nSPS) is 23.9. The summed E-state index contributed by atoms with van der Waals surface area (Å²) in [6.07, 6.45) is 4.68. The molecule has 1 heterocycles. The van der Waals surface area contributed by atoms with Gasteiger partial charge in [-0.15, -0.1) is 0 Å². The van der Waals surface area contributed by atoms with E-state index in [1.807, 2.05) is 14.0 Å². The van der Waals surface area contributed by atoms with Crippen molar-refractivity contribution in [2.45, 2.75) is 52.0 Å². The van der Waals surface area contributed by atoms with Crippen LogP contribution in [-0.4, -0.2) is 37.1 Å². The van der Waals surface area contributed by atoms with Crippen LogP contribution in [0.5, 0.6) is 0 Å². The third-order valence-electron chi connectivity index (χ3n) is 3.93. The summed E-state index contributed by atoms with van der Waals surface area (Å²) in [6, 6.07) is 2.35. The van der Waals surface area contributed by atoms with Crippen LogP contribution in [0, 0.1) is 16.7 Å². The van der Waals surface area contributed by atoms with Gasteiger partial charge in [0, 0.05) is 6.54 Å². The summed E-state index contributed by atoms with van der Waals surface area (Å²) in [7, 11) is 1.87. The summed E-state index contributed by atoms with van der Waals surface area (Å²) in [5, 5.41) is 12.2. The monoisotopic (exact) mass is 237 g/mol. The standard InChI is InChI=1S/C14H27N3/c1-13(2)7-5-9-17(12-13)10-6-8-14(3,11-15)16-4/h16H,5-10,12H2,1-4H3. The predicted octanol–water partition coefficient (Wildman–Crippen LogP) is 2.39. The fraction of sp³-hybridized carbons (Fsp3) is 0.929. The second-order valence-electron chi connectivity index (χ2n) is 6.34. The Balaban J connectivity index is 2.30. The molecule has 1 N–H and O–H groups in total. The number of piperidine rings is 1. The van der Waals surface area contributed by atoms with Gasteiger partial charge in [0.1, 0.15) is 5.54 Å². The molecule has 1 rings (SSSR count). The van der Waals surface area contributed by atoms with E-state index in [4.69, 9.17) is 5.26 Å². The zero-order chi connectivity index (χ0) is 12.9. The van der Waals surface area contributed by atoms with E-state index in [0.29, 0.717) is 5.41 Å². The van der Waals surface area contributed by atoms with Gasteiger partial charge in [0.15, 0.2) is 0 Å². The highest BCUT2D eigenvalue weighted by Crippen LogP contribution is 2.28. The third-order valence-corrected chi connectivity index (χ3v) is 3.93. The Bertz CT molecular complexity index is 280. The van der Waals surface area contributed by atoms with Gasteiger partial charge < -0.3 is 10.2 Å². The Labute approximate surface area is 106 Å². The van der Waals surface area contributed by atoms with Gasteiger partial charge in [-0.2, -0.15) is 5.26 Å². The number of nitrogens with one attached hydrogen (secondary N) is 1. The second-order valence-corrected chi connectivity index (χ2v) is 6.34. The molecule has 1 fully saturated rings. The van der Waals surface area contributed by atoms with Crippen molar-refractivity contribution in [1.29, 1.82) is 5.26 Å². The molecule has 1 saturated heterocycles. The number of likely N-dealkylation sites (tertiary alicyclic amines) is 1. The fourth-order valence-corrected chi connectivity index (χ4v) is 2.63. The molecular weight excluding hydrogens is 210 g/mol. The molecule has 0 amide bonds. The molecule has 0 saturated carbocycles. The molecule has 0 aliphatic carbocycles. The smallest absolute Gasteiger partial charge is 0.103 e. The van der Waals surface area contributed by atoms with E-state index in [-0.39, 0.29) is 5.54 Å². The molecule has 1 aliphatic rings. The molecule has 0 bridgehead atoms. The van der Waals surface area contributed by atoms with Gasteiger partial charge in [0.2, 0.25) is 0 Å². The minimum Gasteiger partial charge on any atom is -0.303 e. The molecule has 1 atom stereocenters. The highest BCUT2D eigenvalue weighted by molar-refractivity contribution is 5.02. The lowest BCUT2D eigenvalue weighted by atomic mass is 9.84. The molecule has 1 aliphatic heterocycles. The van der Waals surface area contributed by atoms with Crippen molar-refractivity contribution in [3.63, 3.8) is 0 Å². The first-order valence-corrected chi connectivity index (χ1v) is 6.73. The predicted molar refractivity (Wildman–Crippen MR) is 71.8 cm³/mol. The number of rotatable bonds is 5. The van der Waals surface area contributed by atoms with Crippen molar-refractivity contribution in [2.75, 3.05) is 26.7 Å². The molecule has 17 heavy (non-hydrogen) atoms. The van der Waals surface area contributed by atoms with E-state index in [1.54, 1.807) is 0 Å². The Morgan fingerprint density at radius 3 is 2.71 bits per heavy atom. The quantitative estimate of drug-likeness (QED) is 0.798. The number of hydrogen-bond donors (Lipinski definition) is 1. The summed E-state index contributed by atoms with van der Waals surface area (Å²) in [5.41, 5.74) is 0.116. The zero-order valence-electron chi connectivity index (χ0n) is 11.8. The van der Waals surface area contributed by atoms with Gasteiger partial charge in [0.05, 0.1) is 6.07 Å². The average Bonchev–Trinajstić information content (AvgIpc) is 2.27. The van der Waals surface area contributed by atoms with E-state index in [9.17, 15) is 0 Å². The van der Waals surface area contributed by atoms with Crippen LogP contribution in [0.3, 0.4) is 0 Å². The summed E-state index contributed by atoms with van der Waals surface area (Å²) < 4.78 is 0. The second kappa shape index (κ2) is 5.84. The molecule has 3 heteroatoms. The molecule has 0 spiro atoms. The SMILES string of the molecule is CNC(C)(C#N)CCCN1CCCC(C)(C)C1. The summed E-state index contributed by atoms with van der Waals surface area (Å²) >= 11 is 0. The maximum Gasteiger partial charge on any atom is 0.103 e. The van der Waals surface area contributed by atoms with E-state index in [0.717, 1.165) is 19.4 Å². The highest BCUT2D eigenvalue weighted by atomic mass is 15.1. The maximum atomic E-state index is 9.08. The van der Waals surface area contributed by atoms with Crippen LogP contribution < -0.4 is 5.32 Å². The topological polar surface area (TPSA) is 39.1 Å². The van der Waals surface area contributed by atoms with Crippen LogP contribution in [0.1, 0.15) is 46.5 Å². The number of nitrogens with zero attached hydrogens (tertiary/aromatic N) is 2. The Morgan fingerprint density at radius 2 is 2.18 bits per heavy atom. The van der Waals surface area contributed by atoms with Crippen molar-refractivity contribution < 1.29 is 0 Å². The van der Waals surface area contributed by atoms with Crippen LogP contribution in [0.2, 0.25) is 0 Å². The summed E-state index contributed by atoms with van der Waals surface area (Å²) in [6.45, 7) is 10.2. The molecule has 0 aromatic carbocycles. The molecule has 98 valence electrons. The van der Waals surface area contributed by atoms with Crippen LogP contribution >= 0.6 is 0 Å². The van der Waals surface area contributed by atoms with Crippen molar-refractivity contribution in [3.05, 3.63) is 0 Å². The van der Waals surface area contributed by atoms with Crippen LogP contribution in [0.4, 0.5) is 0 Å². The Morgan fingerprint density at radius 1 is 1.47 bits per heavy atom. The van der Waals surface area contributed by atoms with Crippen molar-refractivity contribution in [2.24, 2.45) is 5.41 Å². The van der Waals surface area contributed by atoms with E-state index in [2.05, 4.69) is 30.1 Å². The van der Waals surface area contributed by atoms with Gasteiger partial charge >= 0.3 is 0 Å². The number of nitriles is 1. The lowest BCUT2D eigenvalue weighted by molar-refractivity contribution is 0.114. The summed E-state index contributed by atoms with van der Waals surface area (Å²) in [5.74, 6) is 0. The molecule has 1 unspecified atom stereocenters. The molecular formula is C14H27N3. The van der Waals surface area contributed by atoms with Crippen molar-refractivity contribution in [1.82, 2.24) is 10.2 Å². The van der Waals surface area contributed by atoms with Gasteiger partial charge in [-0.3, -0.25) is 0 Å². The van der Waals surface area contributed by atoms with E-state index >= 15 is 0 Å². The molecule has 3 nitrogen and oxygen atoms in total. The van der Waals surface area contributed by atoms with Gasteiger partial charge in [-0.25, -0.2) is 0 Å². The zero-order valence-corrected chi connectivity index (χ0v) is 11.8. The third kappa shape index (κ3) is 4.65. The van der Waals surface area contributed by atoms with Crippen molar-refractivity contribution >= 4 is 0 Å².